The lowest BCUT2D eigenvalue weighted by atomic mass is 9.99. The Hall–Kier alpha value is -1.52. The van der Waals surface area contributed by atoms with E-state index in [4.69, 9.17) is 0 Å². The second kappa shape index (κ2) is 6.77. The van der Waals surface area contributed by atoms with E-state index in [9.17, 15) is 4.79 Å². The number of anilines is 1. The molecule has 2 rings (SSSR count). The van der Waals surface area contributed by atoms with E-state index < -0.39 is 0 Å². The van der Waals surface area contributed by atoms with E-state index in [0.29, 0.717) is 17.8 Å². The minimum atomic E-state index is -0.00347. The van der Waals surface area contributed by atoms with Crippen molar-refractivity contribution in [3.05, 3.63) is 12.3 Å². The molecule has 2 heterocycles. The molecule has 0 bridgehead atoms. The molecule has 1 aromatic heterocycles. The lowest BCUT2D eigenvalue weighted by molar-refractivity contribution is 0.178. The normalized spacial score (nSPS) is 20.0. The molecule has 1 aromatic rings. The predicted molar refractivity (Wildman–Crippen MR) is 80.6 cm³/mol. The van der Waals surface area contributed by atoms with E-state index in [-0.39, 0.29) is 6.03 Å². The van der Waals surface area contributed by atoms with Crippen molar-refractivity contribution in [2.24, 2.45) is 13.0 Å². The van der Waals surface area contributed by atoms with Crippen LogP contribution in [0.25, 0.3) is 0 Å². The molecule has 1 aliphatic heterocycles. The fraction of sp³-hybridized carbons (Fsp3) is 0.733. The number of rotatable bonds is 3. The van der Waals surface area contributed by atoms with Crippen LogP contribution >= 0.6 is 0 Å². The van der Waals surface area contributed by atoms with Gasteiger partial charge in [0.25, 0.3) is 0 Å². The second-order valence-electron chi connectivity index (χ2n) is 6.13. The second-order valence-corrected chi connectivity index (χ2v) is 6.13. The monoisotopic (exact) mass is 278 g/mol. The van der Waals surface area contributed by atoms with Gasteiger partial charge in [0.15, 0.2) is 5.82 Å². The van der Waals surface area contributed by atoms with Crippen molar-refractivity contribution in [3.63, 3.8) is 0 Å². The lowest BCUT2D eigenvalue weighted by Gasteiger charge is -2.31. The van der Waals surface area contributed by atoms with Crippen molar-refractivity contribution in [1.29, 1.82) is 0 Å². The number of aryl methyl sites for hydroxylation is 1. The van der Waals surface area contributed by atoms with Crippen LogP contribution in [0.4, 0.5) is 10.6 Å². The number of amides is 2. The lowest BCUT2D eigenvalue weighted by Crippen LogP contribution is -2.43. The molecule has 1 atom stereocenters. The molecule has 112 valence electrons. The highest BCUT2D eigenvalue weighted by molar-refractivity contribution is 5.88. The third kappa shape index (κ3) is 3.99. The van der Waals surface area contributed by atoms with E-state index in [0.717, 1.165) is 25.8 Å². The standard InChI is InChI=1S/C15H26N4O/c1-12(2)11-13-7-5-4-6-9-19(13)15(20)16-14-8-10-18(3)17-14/h8,10,12-13H,4-7,9,11H2,1-3H3,(H,16,17,20)/t13-/m0/s1. The summed E-state index contributed by atoms with van der Waals surface area (Å²) in [6.07, 6.45) is 7.59. The molecule has 20 heavy (non-hydrogen) atoms. The summed E-state index contributed by atoms with van der Waals surface area (Å²) < 4.78 is 1.70. The maximum Gasteiger partial charge on any atom is 0.323 e. The molecular formula is C15H26N4O. The van der Waals surface area contributed by atoms with E-state index >= 15 is 0 Å². The van der Waals surface area contributed by atoms with Crippen molar-refractivity contribution >= 4 is 11.8 Å². The molecular weight excluding hydrogens is 252 g/mol. The Labute approximate surface area is 121 Å². The first kappa shape index (κ1) is 14.9. The molecule has 0 radical (unpaired) electrons. The average molecular weight is 278 g/mol. The maximum atomic E-state index is 12.5. The van der Waals surface area contributed by atoms with E-state index in [1.807, 2.05) is 24.2 Å². The fourth-order valence-electron chi connectivity index (χ4n) is 2.90. The summed E-state index contributed by atoms with van der Waals surface area (Å²) >= 11 is 0. The zero-order valence-corrected chi connectivity index (χ0v) is 12.8. The highest BCUT2D eigenvalue weighted by atomic mass is 16.2. The Kier molecular flexibility index (Phi) is 5.04. The quantitative estimate of drug-likeness (QED) is 0.922. The Balaban J connectivity index is 2.03. The predicted octanol–water partition coefficient (Wildman–Crippen LogP) is 3.24. The van der Waals surface area contributed by atoms with Gasteiger partial charge in [-0.15, -0.1) is 0 Å². The smallest absolute Gasteiger partial charge is 0.322 e. The summed E-state index contributed by atoms with van der Waals surface area (Å²) in [5.41, 5.74) is 0. The van der Waals surface area contributed by atoms with E-state index in [1.165, 1.54) is 12.8 Å². The van der Waals surface area contributed by atoms with Crippen molar-refractivity contribution < 1.29 is 4.79 Å². The van der Waals surface area contributed by atoms with Gasteiger partial charge in [0, 0.05) is 31.9 Å². The highest BCUT2D eigenvalue weighted by Gasteiger charge is 2.26. The van der Waals surface area contributed by atoms with E-state index in [1.54, 1.807) is 4.68 Å². The van der Waals surface area contributed by atoms with Gasteiger partial charge in [-0.05, 0) is 25.2 Å². The van der Waals surface area contributed by atoms with Crippen molar-refractivity contribution in [3.8, 4) is 0 Å². The van der Waals surface area contributed by atoms with E-state index in [2.05, 4.69) is 24.3 Å². The number of nitrogens with one attached hydrogen (secondary N) is 1. The summed E-state index contributed by atoms with van der Waals surface area (Å²) in [4.78, 5) is 14.5. The van der Waals surface area contributed by atoms with Crippen LogP contribution in [-0.2, 0) is 7.05 Å². The molecule has 5 nitrogen and oxygen atoms in total. The van der Waals surface area contributed by atoms with Crippen molar-refractivity contribution in [2.45, 2.75) is 52.0 Å². The number of likely N-dealkylation sites (tertiary alicyclic amines) is 1. The zero-order chi connectivity index (χ0) is 14.5. The van der Waals surface area contributed by atoms with Crippen LogP contribution in [0, 0.1) is 5.92 Å². The minimum Gasteiger partial charge on any atom is -0.322 e. The molecule has 1 saturated heterocycles. The molecule has 1 N–H and O–H groups in total. The number of carbonyl (C=O) groups excluding carboxylic acids is 1. The first-order chi connectivity index (χ1) is 9.56. The van der Waals surface area contributed by atoms with Gasteiger partial charge in [-0.3, -0.25) is 10.00 Å². The molecule has 0 saturated carbocycles. The van der Waals surface area contributed by atoms with Crippen LogP contribution in [0.1, 0.15) is 46.0 Å². The summed E-state index contributed by atoms with van der Waals surface area (Å²) in [7, 11) is 1.85. The molecule has 0 unspecified atom stereocenters. The van der Waals surface area contributed by atoms with Crippen LogP contribution in [0.5, 0.6) is 0 Å². The first-order valence-corrected chi connectivity index (χ1v) is 7.63. The Morgan fingerprint density at radius 1 is 1.45 bits per heavy atom. The highest BCUT2D eigenvalue weighted by Crippen LogP contribution is 2.23. The van der Waals surface area contributed by atoms with Gasteiger partial charge in [-0.2, -0.15) is 5.10 Å². The van der Waals surface area contributed by atoms with Crippen LogP contribution in [0.2, 0.25) is 0 Å². The summed E-state index contributed by atoms with van der Waals surface area (Å²) in [5, 5.41) is 7.13. The zero-order valence-electron chi connectivity index (χ0n) is 12.8. The summed E-state index contributed by atoms with van der Waals surface area (Å²) in [6.45, 7) is 5.30. The number of urea groups is 1. The number of nitrogens with zero attached hydrogens (tertiary/aromatic N) is 3. The molecule has 2 amide bonds. The van der Waals surface area contributed by atoms with Crippen LogP contribution in [-0.4, -0.2) is 33.3 Å². The largest absolute Gasteiger partial charge is 0.323 e. The van der Waals surface area contributed by atoms with Crippen molar-refractivity contribution in [2.75, 3.05) is 11.9 Å². The average Bonchev–Trinajstić information content (AvgIpc) is 2.64. The fourth-order valence-corrected chi connectivity index (χ4v) is 2.90. The SMILES string of the molecule is CC(C)C[C@@H]1CCCCCN1C(=O)Nc1ccn(C)n1. The van der Waals surface area contributed by atoms with Gasteiger partial charge in [0.05, 0.1) is 0 Å². The van der Waals surface area contributed by atoms with Gasteiger partial charge in [0.2, 0.25) is 0 Å². The van der Waals surface area contributed by atoms with Crippen LogP contribution in [0.3, 0.4) is 0 Å². The van der Waals surface area contributed by atoms with Gasteiger partial charge >= 0.3 is 6.03 Å². The van der Waals surface area contributed by atoms with Crippen molar-refractivity contribution in [1.82, 2.24) is 14.7 Å². The molecule has 5 heteroatoms. The van der Waals surface area contributed by atoms with Gasteiger partial charge in [0.1, 0.15) is 0 Å². The molecule has 1 aliphatic rings. The Morgan fingerprint density at radius 3 is 2.90 bits per heavy atom. The van der Waals surface area contributed by atoms with Gasteiger partial charge in [-0.25, -0.2) is 4.79 Å². The first-order valence-electron chi connectivity index (χ1n) is 7.63. The molecule has 0 aliphatic carbocycles. The van der Waals surface area contributed by atoms with Gasteiger partial charge in [-0.1, -0.05) is 26.7 Å². The summed E-state index contributed by atoms with van der Waals surface area (Å²) in [5.74, 6) is 1.24. The number of hydrogen-bond acceptors (Lipinski definition) is 2. The molecule has 0 aromatic carbocycles. The molecule has 1 fully saturated rings. The Morgan fingerprint density at radius 2 is 2.25 bits per heavy atom. The maximum absolute atomic E-state index is 12.5. The third-order valence-corrected chi connectivity index (χ3v) is 3.83. The number of aromatic nitrogens is 2. The van der Waals surface area contributed by atoms with Gasteiger partial charge < -0.3 is 4.90 Å². The number of carbonyl (C=O) groups is 1. The Bertz CT molecular complexity index is 441. The summed E-state index contributed by atoms with van der Waals surface area (Å²) in [6, 6.07) is 2.19. The topological polar surface area (TPSA) is 50.2 Å². The van der Waals surface area contributed by atoms with Crippen LogP contribution < -0.4 is 5.32 Å². The molecule has 0 spiro atoms. The number of hydrogen-bond donors (Lipinski definition) is 1. The minimum absolute atomic E-state index is 0.00347. The van der Waals surface area contributed by atoms with Crippen LogP contribution in [0.15, 0.2) is 12.3 Å². The third-order valence-electron chi connectivity index (χ3n) is 3.83.